The summed E-state index contributed by atoms with van der Waals surface area (Å²) in [6.45, 7) is 0.871. The predicted molar refractivity (Wildman–Crippen MR) is 78.2 cm³/mol. The van der Waals surface area contributed by atoms with Gasteiger partial charge in [-0.1, -0.05) is 17.7 Å². The average Bonchev–Trinajstić information content (AvgIpc) is 2.38. The first-order valence-corrected chi connectivity index (χ1v) is 8.01. The highest BCUT2D eigenvalue weighted by molar-refractivity contribution is 8.06. The van der Waals surface area contributed by atoms with E-state index in [1.807, 2.05) is 29.6 Å². The van der Waals surface area contributed by atoms with Crippen molar-refractivity contribution in [1.29, 1.82) is 5.26 Å². The minimum absolute atomic E-state index is 0.608. The fourth-order valence-electron chi connectivity index (χ4n) is 1.67. The minimum atomic E-state index is 0.608. The van der Waals surface area contributed by atoms with Gasteiger partial charge < -0.3 is 5.32 Å². The van der Waals surface area contributed by atoms with Gasteiger partial charge in [0, 0.05) is 29.1 Å². The van der Waals surface area contributed by atoms with Gasteiger partial charge >= 0.3 is 0 Å². The lowest BCUT2D eigenvalue weighted by molar-refractivity contribution is 1.00. The van der Waals surface area contributed by atoms with E-state index in [1.165, 1.54) is 17.3 Å². The van der Waals surface area contributed by atoms with Crippen LogP contribution in [0.4, 0.5) is 5.69 Å². The highest BCUT2D eigenvalue weighted by atomic mass is 35.5. The average molecular weight is 285 g/mol. The molecule has 1 atom stereocenters. The van der Waals surface area contributed by atoms with Gasteiger partial charge in [0.1, 0.15) is 6.07 Å². The lowest BCUT2D eigenvalue weighted by Gasteiger charge is -2.22. The van der Waals surface area contributed by atoms with Crippen LogP contribution in [0.5, 0.6) is 0 Å². The maximum absolute atomic E-state index is 9.02. The van der Waals surface area contributed by atoms with Crippen LogP contribution < -0.4 is 5.32 Å². The summed E-state index contributed by atoms with van der Waals surface area (Å²) >= 11 is 10.1. The molecule has 1 N–H and O–H groups in total. The first-order valence-electron chi connectivity index (χ1n) is 5.43. The quantitative estimate of drug-likeness (QED) is 0.922. The molecule has 0 spiro atoms. The number of nitrogens with zero attached hydrogens (tertiary/aromatic N) is 1. The van der Waals surface area contributed by atoms with Gasteiger partial charge in [-0.05, 0) is 12.1 Å². The molecule has 1 aliphatic rings. The van der Waals surface area contributed by atoms with Gasteiger partial charge in [-0.3, -0.25) is 0 Å². The second-order valence-electron chi connectivity index (χ2n) is 3.72. The molecular weight excluding hydrogens is 272 g/mol. The maximum Gasteiger partial charge on any atom is 0.101 e. The Kier molecular flexibility index (Phi) is 4.90. The molecule has 5 heteroatoms. The van der Waals surface area contributed by atoms with Gasteiger partial charge in [0.2, 0.25) is 0 Å². The zero-order valence-electron chi connectivity index (χ0n) is 9.28. The predicted octanol–water partition coefficient (Wildman–Crippen LogP) is 3.47. The van der Waals surface area contributed by atoms with E-state index in [0.717, 1.165) is 12.2 Å². The van der Waals surface area contributed by atoms with E-state index in [1.54, 1.807) is 12.1 Å². The number of hydrogen-bond acceptors (Lipinski definition) is 4. The number of anilines is 1. The molecule has 2 rings (SSSR count). The monoisotopic (exact) mass is 284 g/mol. The molecule has 1 fully saturated rings. The summed E-state index contributed by atoms with van der Waals surface area (Å²) in [5.41, 5.74) is 1.39. The first-order chi connectivity index (χ1) is 8.31. The lowest BCUT2D eigenvalue weighted by Crippen LogP contribution is -2.23. The molecule has 0 unspecified atom stereocenters. The van der Waals surface area contributed by atoms with E-state index in [0.29, 0.717) is 15.8 Å². The molecule has 1 aromatic carbocycles. The van der Waals surface area contributed by atoms with E-state index in [9.17, 15) is 0 Å². The molecule has 0 saturated carbocycles. The molecular formula is C12H13ClN2S2. The third-order valence-corrected chi connectivity index (χ3v) is 5.69. The van der Waals surface area contributed by atoms with Crippen LogP contribution in [0.3, 0.4) is 0 Å². The van der Waals surface area contributed by atoms with E-state index in [2.05, 4.69) is 11.4 Å². The second-order valence-corrected chi connectivity index (χ2v) is 6.69. The van der Waals surface area contributed by atoms with E-state index >= 15 is 0 Å². The molecule has 90 valence electrons. The zero-order chi connectivity index (χ0) is 12.1. The summed E-state index contributed by atoms with van der Waals surface area (Å²) in [5, 5.41) is 13.6. The summed E-state index contributed by atoms with van der Waals surface area (Å²) in [6, 6.07) is 7.57. The molecule has 2 nitrogen and oxygen atoms in total. The second kappa shape index (κ2) is 6.44. The van der Waals surface area contributed by atoms with Crippen LogP contribution in [0, 0.1) is 11.3 Å². The van der Waals surface area contributed by atoms with Crippen molar-refractivity contribution in [2.24, 2.45) is 0 Å². The third kappa shape index (κ3) is 3.48. The van der Waals surface area contributed by atoms with E-state index in [4.69, 9.17) is 16.9 Å². The van der Waals surface area contributed by atoms with Gasteiger partial charge in [0.15, 0.2) is 0 Å². The number of nitriles is 1. The van der Waals surface area contributed by atoms with Crippen molar-refractivity contribution < 1.29 is 0 Å². The summed E-state index contributed by atoms with van der Waals surface area (Å²) in [6.07, 6.45) is 0. The number of rotatable bonds is 3. The van der Waals surface area contributed by atoms with Crippen molar-refractivity contribution in [2.45, 2.75) is 5.25 Å². The van der Waals surface area contributed by atoms with Crippen LogP contribution in [0.2, 0.25) is 5.02 Å². The fraction of sp³-hybridized carbons (Fsp3) is 0.417. The fourth-order valence-corrected chi connectivity index (χ4v) is 4.52. The number of thioether (sulfide) groups is 2. The Bertz CT molecular complexity index is 425. The van der Waals surface area contributed by atoms with Crippen LogP contribution in [0.25, 0.3) is 0 Å². The van der Waals surface area contributed by atoms with Crippen molar-refractivity contribution in [3.8, 4) is 6.07 Å². The normalized spacial score (nSPS) is 19.6. The third-order valence-electron chi connectivity index (χ3n) is 2.53. The van der Waals surface area contributed by atoms with Crippen LogP contribution in [0.15, 0.2) is 18.2 Å². The number of para-hydroxylation sites is 1. The topological polar surface area (TPSA) is 35.8 Å². The molecule has 17 heavy (non-hydrogen) atoms. The Labute approximate surface area is 115 Å². The standard InChI is InChI=1S/C12H13ClN2S2/c13-11-3-1-2-9(6-14)12(11)15-7-10-8-16-4-5-17-10/h1-3,10,15H,4-5,7-8H2/t10-/m1/s1. The first kappa shape index (κ1) is 12.9. The Balaban J connectivity index is 2.00. The highest BCUT2D eigenvalue weighted by Gasteiger charge is 2.15. The molecule has 1 aromatic rings. The summed E-state index contributed by atoms with van der Waals surface area (Å²) in [5.74, 6) is 3.63. The molecule has 0 radical (unpaired) electrons. The lowest BCUT2D eigenvalue weighted by atomic mass is 10.2. The molecule has 0 bridgehead atoms. The van der Waals surface area contributed by atoms with Crippen LogP contribution in [0.1, 0.15) is 5.56 Å². The van der Waals surface area contributed by atoms with Crippen molar-refractivity contribution in [3.05, 3.63) is 28.8 Å². The van der Waals surface area contributed by atoms with Crippen molar-refractivity contribution in [2.75, 3.05) is 29.1 Å². The Hall–Kier alpha value is -0.500. The molecule has 0 aromatic heterocycles. The van der Waals surface area contributed by atoms with Crippen molar-refractivity contribution >= 4 is 40.8 Å². The van der Waals surface area contributed by atoms with Gasteiger partial charge in [-0.15, -0.1) is 0 Å². The van der Waals surface area contributed by atoms with Gasteiger partial charge in [-0.25, -0.2) is 0 Å². The van der Waals surface area contributed by atoms with Crippen molar-refractivity contribution in [3.63, 3.8) is 0 Å². The number of halogens is 1. The highest BCUT2D eigenvalue weighted by Crippen LogP contribution is 2.28. The van der Waals surface area contributed by atoms with Crippen LogP contribution in [-0.4, -0.2) is 29.1 Å². The maximum atomic E-state index is 9.02. The van der Waals surface area contributed by atoms with Crippen molar-refractivity contribution in [1.82, 2.24) is 0 Å². The molecule has 0 aliphatic carbocycles. The van der Waals surface area contributed by atoms with Crippen LogP contribution in [-0.2, 0) is 0 Å². The Morgan fingerprint density at radius 1 is 1.47 bits per heavy atom. The van der Waals surface area contributed by atoms with Gasteiger partial charge in [0.25, 0.3) is 0 Å². The van der Waals surface area contributed by atoms with Gasteiger partial charge in [-0.2, -0.15) is 28.8 Å². The smallest absolute Gasteiger partial charge is 0.101 e. The van der Waals surface area contributed by atoms with Crippen LogP contribution >= 0.6 is 35.1 Å². The minimum Gasteiger partial charge on any atom is -0.382 e. The Morgan fingerprint density at radius 3 is 3.06 bits per heavy atom. The summed E-state index contributed by atoms with van der Waals surface area (Å²) < 4.78 is 0. The molecule has 0 amide bonds. The van der Waals surface area contributed by atoms with E-state index in [-0.39, 0.29) is 0 Å². The number of benzene rings is 1. The number of hydrogen-bond donors (Lipinski definition) is 1. The number of nitrogens with one attached hydrogen (secondary N) is 1. The van der Waals surface area contributed by atoms with Gasteiger partial charge in [0.05, 0.1) is 16.3 Å². The largest absolute Gasteiger partial charge is 0.382 e. The Morgan fingerprint density at radius 2 is 2.35 bits per heavy atom. The SMILES string of the molecule is N#Cc1cccc(Cl)c1NC[C@@H]1CSCCS1. The molecule has 1 aliphatic heterocycles. The molecule has 1 saturated heterocycles. The molecule has 1 heterocycles. The summed E-state index contributed by atoms with van der Waals surface area (Å²) in [7, 11) is 0. The van der Waals surface area contributed by atoms with E-state index < -0.39 is 0 Å². The summed E-state index contributed by atoms with van der Waals surface area (Å²) in [4.78, 5) is 0. The zero-order valence-corrected chi connectivity index (χ0v) is 11.7.